The summed E-state index contributed by atoms with van der Waals surface area (Å²) in [6, 6.07) is 12.8. The zero-order chi connectivity index (χ0) is 29.1. The SMILES string of the molecule is N=C(/C=C\c1ncc(-c2cccc(N3CCN(CCOCCOCCN)CC3)n2)[nH]1)N1CCCC1c1cccc(F)c1. The van der Waals surface area contributed by atoms with E-state index >= 15 is 0 Å². The molecule has 0 bridgehead atoms. The summed E-state index contributed by atoms with van der Waals surface area (Å²) in [5, 5.41) is 8.64. The Kier molecular flexibility index (Phi) is 10.7. The van der Waals surface area contributed by atoms with Crippen LogP contribution in [0.25, 0.3) is 17.5 Å². The Hall–Kier alpha value is -3.64. The first-order valence-corrected chi connectivity index (χ1v) is 14.7. The fraction of sp³-hybridized carbons (Fsp3) is 0.452. The van der Waals surface area contributed by atoms with Crippen LogP contribution in [0.5, 0.6) is 0 Å². The van der Waals surface area contributed by atoms with Crippen molar-refractivity contribution >= 4 is 17.7 Å². The topological polar surface area (TPSA) is 120 Å². The van der Waals surface area contributed by atoms with Gasteiger partial charge in [0.25, 0.3) is 0 Å². The van der Waals surface area contributed by atoms with Crippen molar-refractivity contribution in [2.24, 2.45) is 5.73 Å². The van der Waals surface area contributed by atoms with Crippen molar-refractivity contribution in [1.82, 2.24) is 24.8 Å². The molecule has 4 N–H and O–H groups in total. The van der Waals surface area contributed by atoms with Crippen molar-refractivity contribution in [3.05, 3.63) is 71.9 Å². The van der Waals surface area contributed by atoms with E-state index in [4.69, 9.17) is 25.6 Å². The minimum absolute atomic E-state index is 0.0128. The van der Waals surface area contributed by atoms with Crippen molar-refractivity contribution in [1.29, 1.82) is 5.41 Å². The standard InChI is InChI=1S/C31H41FN8O2/c32-25-5-1-4-24(22-25)28-7-3-12-40(28)29(34)9-10-30-35-23-27(36-30)26-6-2-8-31(37-26)39-15-13-38(14-16-39)17-19-42-21-20-41-18-11-33/h1-2,4-6,8-10,22-23,28,34H,3,7,11-21,33H2,(H,35,36)/b10-9-,34-29?. The number of pyridine rings is 1. The monoisotopic (exact) mass is 576 g/mol. The Morgan fingerprint density at radius 2 is 1.86 bits per heavy atom. The molecular formula is C31H41FN8O2. The summed E-state index contributed by atoms with van der Waals surface area (Å²) >= 11 is 0. The molecule has 2 aromatic heterocycles. The van der Waals surface area contributed by atoms with Gasteiger partial charge < -0.3 is 30.0 Å². The average Bonchev–Trinajstić information content (AvgIpc) is 3.71. The lowest BCUT2D eigenvalue weighted by molar-refractivity contribution is 0.0405. The minimum Gasteiger partial charge on any atom is -0.378 e. The van der Waals surface area contributed by atoms with Gasteiger partial charge in [-0.15, -0.1) is 0 Å². The third-order valence-corrected chi connectivity index (χ3v) is 7.68. The number of hydrogen-bond acceptors (Lipinski definition) is 8. The van der Waals surface area contributed by atoms with E-state index in [0.29, 0.717) is 44.6 Å². The normalized spacial score (nSPS) is 17.9. The van der Waals surface area contributed by atoms with Crippen LogP contribution in [-0.4, -0.2) is 103 Å². The van der Waals surface area contributed by atoms with Crippen LogP contribution in [0.3, 0.4) is 0 Å². The molecule has 2 fully saturated rings. The van der Waals surface area contributed by atoms with Gasteiger partial charge in [-0.1, -0.05) is 18.2 Å². The molecule has 1 aromatic carbocycles. The van der Waals surface area contributed by atoms with Crippen LogP contribution >= 0.6 is 0 Å². The number of nitrogens with zero attached hydrogens (tertiary/aromatic N) is 5. The second kappa shape index (κ2) is 15.0. The molecule has 3 aromatic rings. The fourth-order valence-corrected chi connectivity index (χ4v) is 5.47. The predicted octanol–water partition coefficient (Wildman–Crippen LogP) is 3.55. The van der Waals surface area contributed by atoms with E-state index in [0.717, 1.165) is 74.9 Å². The quantitative estimate of drug-likeness (QED) is 0.161. The number of piperazine rings is 1. The van der Waals surface area contributed by atoms with Crippen LogP contribution in [0, 0.1) is 11.2 Å². The van der Waals surface area contributed by atoms with Gasteiger partial charge in [0.15, 0.2) is 0 Å². The van der Waals surface area contributed by atoms with Crippen LogP contribution in [-0.2, 0) is 9.47 Å². The highest BCUT2D eigenvalue weighted by atomic mass is 19.1. The Morgan fingerprint density at radius 1 is 1.05 bits per heavy atom. The number of anilines is 1. The molecule has 5 rings (SSSR count). The molecule has 2 aliphatic heterocycles. The third kappa shape index (κ3) is 8.01. The first kappa shape index (κ1) is 29.8. The average molecular weight is 577 g/mol. The van der Waals surface area contributed by atoms with Crippen LogP contribution in [0.15, 0.2) is 54.7 Å². The zero-order valence-electron chi connectivity index (χ0n) is 24.1. The molecule has 1 unspecified atom stereocenters. The van der Waals surface area contributed by atoms with Gasteiger partial charge in [0.1, 0.15) is 23.3 Å². The molecule has 4 heterocycles. The van der Waals surface area contributed by atoms with E-state index in [1.807, 2.05) is 35.2 Å². The van der Waals surface area contributed by atoms with Crippen molar-refractivity contribution < 1.29 is 13.9 Å². The van der Waals surface area contributed by atoms with E-state index in [1.165, 1.54) is 6.07 Å². The summed E-state index contributed by atoms with van der Waals surface area (Å²) in [5.74, 6) is 1.75. The fourth-order valence-electron chi connectivity index (χ4n) is 5.47. The molecule has 10 nitrogen and oxygen atoms in total. The first-order chi connectivity index (χ1) is 20.6. The number of ether oxygens (including phenoxy) is 2. The third-order valence-electron chi connectivity index (χ3n) is 7.68. The Morgan fingerprint density at radius 3 is 2.67 bits per heavy atom. The molecule has 11 heteroatoms. The Labute approximate surface area is 246 Å². The number of halogens is 1. The lowest BCUT2D eigenvalue weighted by atomic mass is 10.0. The first-order valence-electron chi connectivity index (χ1n) is 14.7. The molecule has 42 heavy (non-hydrogen) atoms. The summed E-state index contributed by atoms with van der Waals surface area (Å²) in [5.41, 5.74) is 7.98. The van der Waals surface area contributed by atoms with Gasteiger partial charge in [0.05, 0.1) is 50.1 Å². The number of benzene rings is 1. The molecule has 2 aliphatic rings. The van der Waals surface area contributed by atoms with Gasteiger partial charge in [-0.2, -0.15) is 0 Å². The molecule has 0 amide bonds. The number of aromatic nitrogens is 3. The summed E-state index contributed by atoms with van der Waals surface area (Å²) < 4.78 is 24.8. The maximum absolute atomic E-state index is 13.8. The highest BCUT2D eigenvalue weighted by Gasteiger charge is 2.27. The van der Waals surface area contributed by atoms with E-state index < -0.39 is 0 Å². The molecule has 0 radical (unpaired) electrons. The summed E-state index contributed by atoms with van der Waals surface area (Å²) in [6.45, 7) is 8.40. The predicted molar refractivity (Wildman–Crippen MR) is 163 cm³/mol. The number of hydrogen-bond donors (Lipinski definition) is 3. The number of likely N-dealkylation sites (tertiary alicyclic amines) is 1. The molecule has 0 aliphatic carbocycles. The van der Waals surface area contributed by atoms with Gasteiger partial charge in [-0.25, -0.2) is 14.4 Å². The Balaban J connectivity index is 1.11. The van der Waals surface area contributed by atoms with E-state index in [1.54, 1.807) is 24.4 Å². The zero-order valence-corrected chi connectivity index (χ0v) is 24.1. The van der Waals surface area contributed by atoms with Crippen molar-refractivity contribution in [3.63, 3.8) is 0 Å². The van der Waals surface area contributed by atoms with E-state index in [-0.39, 0.29) is 11.9 Å². The number of rotatable bonds is 13. The van der Waals surface area contributed by atoms with Crippen molar-refractivity contribution in [2.45, 2.75) is 18.9 Å². The molecule has 2 saturated heterocycles. The van der Waals surface area contributed by atoms with Crippen LogP contribution < -0.4 is 10.6 Å². The number of amidine groups is 1. The maximum Gasteiger partial charge on any atom is 0.130 e. The molecule has 0 saturated carbocycles. The van der Waals surface area contributed by atoms with Crippen molar-refractivity contribution in [2.75, 3.05) is 77.1 Å². The van der Waals surface area contributed by atoms with Gasteiger partial charge >= 0.3 is 0 Å². The van der Waals surface area contributed by atoms with E-state index in [2.05, 4.69) is 19.8 Å². The summed E-state index contributed by atoms with van der Waals surface area (Å²) in [7, 11) is 0. The lowest BCUT2D eigenvalue weighted by Gasteiger charge is -2.35. The number of H-pyrrole nitrogens is 1. The largest absolute Gasteiger partial charge is 0.378 e. The number of nitrogens with two attached hydrogens (primary N) is 1. The maximum atomic E-state index is 13.8. The molecule has 1 atom stereocenters. The van der Waals surface area contributed by atoms with Crippen LogP contribution in [0.1, 0.15) is 30.3 Å². The second-order valence-corrected chi connectivity index (χ2v) is 10.5. The number of aromatic amines is 1. The van der Waals surface area contributed by atoms with Crippen LogP contribution in [0.2, 0.25) is 0 Å². The summed E-state index contributed by atoms with van der Waals surface area (Å²) in [6.07, 6.45) is 7.22. The number of imidazole rings is 1. The van der Waals surface area contributed by atoms with Gasteiger partial charge in [0, 0.05) is 45.8 Å². The smallest absolute Gasteiger partial charge is 0.130 e. The highest BCUT2D eigenvalue weighted by Crippen LogP contribution is 2.32. The lowest BCUT2D eigenvalue weighted by Crippen LogP contribution is -2.47. The van der Waals surface area contributed by atoms with Gasteiger partial charge in [-0.05, 0) is 54.8 Å². The summed E-state index contributed by atoms with van der Waals surface area (Å²) in [4.78, 5) is 19.5. The molecule has 0 spiro atoms. The molecular weight excluding hydrogens is 535 g/mol. The van der Waals surface area contributed by atoms with Crippen LogP contribution in [0.4, 0.5) is 10.2 Å². The van der Waals surface area contributed by atoms with Crippen molar-refractivity contribution in [3.8, 4) is 11.4 Å². The second-order valence-electron chi connectivity index (χ2n) is 10.5. The Bertz CT molecular complexity index is 1320. The molecule has 224 valence electrons. The number of nitrogens with one attached hydrogen (secondary N) is 2. The minimum atomic E-state index is -0.244. The van der Waals surface area contributed by atoms with E-state index in [9.17, 15) is 4.39 Å². The van der Waals surface area contributed by atoms with Gasteiger partial charge in [0.2, 0.25) is 0 Å². The highest BCUT2D eigenvalue weighted by molar-refractivity contribution is 5.94. The van der Waals surface area contributed by atoms with Gasteiger partial charge in [-0.3, -0.25) is 10.3 Å².